The van der Waals surface area contributed by atoms with Gasteiger partial charge in [0.15, 0.2) is 10.4 Å². The molecule has 1 aromatic heterocycles. The zero-order chi connectivity index (χ0) is 20.1. The van der Waals surface area contributed by atoms with E-state index in [0.717, 1.165) is 21.2 Å². The Labute approximate surface area is 177 Å². The molecule has 5 nitrogen and oxygen atoms in total. The summed E-state index contributed by atoms with van der Waals surface area (Å²) in [5.41, 5.74) is 3.03. The van der Waals surface area contributed by atoms with Crippen LogP contribution in [0.2, 0.25) is 5.02 Å². The van der Waals surface area contributed by atoms with Crippen molar-refractivity contribution in [3.63, 3.8) is 0 Å². The number of carbonyl (C=O) groups excluding carboxylic acids is 1. The summed E-state index contributed by atoms with van der Waals surface area (Å²) in [4.78, 5) is 12.4. The third-order valence-electron chi connectivity index (χ3n) is 3.93. The van der Waals surface area contributed by atoms with Gasteiger partial charge in [-0.3, -0.25) is 10.1 Å². The first kappa shape index (κ1) is 20.6. The van der Waals surface area contributed by atoms with Gasteiger partial charge < -0.3 is 4.74 Å². The number of nitrogens with zero attached hydrogens (tertiary/aromatic N) is 2. The zero-order valence-corrected chi connectivity index (χ0v) is 18.1. The van der Waals surface area contributed by atoms with Crippen molar-refractivity contribution in [2.24, 2.45) is 0 Å². The number of anilines is 1. The Morgan fingerprint density at radius 3 is 2.57 bits per heavy atom. The van der Waals surface area contributed by atoms with Crippen molar-refractivity contribution < 1.29 is 9.53 Å². The van der Waals surface area contributed by atoms with Gasteiger partial charge >= 0.3 is 0 Å². The minimum Gasteiger partial charge on any atom is -0.481 e. The van der Waals surface area contributed by atoms with Gasteiger partial charge in [0.2, 0.25) is 5.13 Å². The molecule has 1 unspecified atom stereocenters. The van der Waals surface area contributed by atoms with E-state index in [4.69, 9.17) is 16.3 Å². The Morgan fingerprint density at radius 1 is 1.21 bits per heavy atom. The predicted molar refractivity (Wildman–Crippen MR) is 116 cm³/mol. The quantitative estimate of drug-likeness (QED) is 0.393. The Kier molecular flexibility index (Phi) is 6.93. The van der Waals surface area contributed by atoms with Crippen LogP contribution in [0.4, 0.5) is 5.13 Å². The van der Waals surface area contributed by atoms with Crippen LogP contribution in [0.5, 0.6) is 5.75 Å². The van der Waals surface area contributed by atoms with E-state index in [0.29, 0.717) is 15.9 Å². The molecule has 0 spiro atoms. The Balaban J connectivity index is 1.55. The summed E-state index contributed by atoms with van der Waals surface area (Å²) in [5, 5.41) is 12.1. The number of carbonyl (C=O) groups is 1. The van der Waals surface area contributed by atoms with Gasteiger partial charge in [0.05, 0.1) is 0 Å². The highest BCUT2D eigenvalue weighted by Gasteiger charge is 2.18. The molecule has 8 heteroatoms. The molecule has 3 aromatic rings. The average molecular weight is 434 g/mol. The number of ether oxygens (including phenoxy) is 1. The molecule has 1 N–H and O–H groups in total. The molecule has 0 aliphatic rings. The van der Waals surface area contributed by atoms with Crippen LogP contribution in [0.25, 0.3) is 0 Å². The molecule has 1 amide bonds. The molecule has 1 heterocycles. The van der Waals surface area contributed by atoms with Crippen LogP contribution in [0.1, 0.15) is 23.6 Å². The number of amides is 1. The van der Waals surface area contributed by atoms with Crippen molar-refractivity contribution in [1.82, 2.24) is 10.2 Å². The minimum absolute atomic E-state index is 0.277. The fourth-order valence-corrected chi connectivity index (χ4v) is 4.30. The number of nitrogens with one attached hydrogen (secondary N) is 1. The average Bonchev–Trinajstić information content (AvgIpc) is 3.12. The van der Waals surface area contributed by atoms with Crippen molar-refractivity contribution in [2.75, 3.05) is 5.32 Å². The normalized spacial score (nSPS) is 11.9. The van der Waals surface area contributed by atoms with E-state index in [1.165, 1.54) is 16.9 Å². The summed E-state index contributed by atoms with van der Waals surface area (Å²) in [7, 11) is 0. The second-order valence-electron chi connectivity index (χ2n) is 6.27. The number of halogens is 1. The molecule has 146 valence electrons. The molecule has 0 saturated heterocycles. The lowest BCUT2D eigenvalue weighted by atomic mass is 10.1. The number of aromatic nitrogens is 2. The lowest BCUT2D eigenvalue weighted by molar-refractivity contribution is -0.122. The molecule has 2 aromatic carbocycles. The lowest BCUT2D eigenvalue weighted by Gasteiger charge is -2.15. The van der Waals surface area contributed by atoms with Crippen LogP contribution in [0.3, 0.4) is 0 Å². The molecular weight excluding hydrogens is 414 g/mol. The van der Waals surface area contributed by atoms with E-state index in [9.17, 15) is 4.79 Å². The fourth-order valence-electron chi connectivity index (χ4n) is 2.48. The Morgan fingerprint density at radius 2 is 1.89 bits per heavy atom. The number of benzene rings is 2. The van der Waals surface area contributed by atoms with Gasteiger partial charge in [-0.2, -0.15) is 0 Å². The molecule has 0 fully saturated rings. The van der Waals surface area contributed by atoms with Crippen molar-refractivity contribution in [2.45, 2.75) is 37.0 Å². The van der Waals surface area contributed by atoms with Crippen LogP contribution < -0.4 is 10.1 Å². The lowest BCUT2D eigenvalue weighted by Crippen LogP contribution is -2.30. The maximum Gasteiger partial charge on any atom is 0.266 e. The second-order valence-corrected chi connectivity index (χ2v) is 8.85. The van der Waals surface area contributed by atoms with E-state index >= 15 is 0 Å². The molecule has 0 bridgehead atoms. The topological polar surface area (TPSA) is 64.1 Å². The first-order valence-electron chi connectivity index (χ1n) is 8.67. The summed E-state index contributed by atoms with van der Waals surface area (Å²) >= 11 is 9.11. The van der Waals surface area contributed by atoms with Gasteiger partial charge in [-0.25, -0.2) is 0 Å². The van der Waals surface area contributed by atoms with Gasteiger partial charge in [0.1, 0.15) is 5.75 Å². The number of thioether (sulfide) groups is 1. The van der Waals surface area contributed by atoms with Crippen molar-refractivity contribution in [3.05, 3.63) is 64.2 Å². The largest absolute Gasteiger partial charge is 0.481 e. The Bertz CT molecular complexity index is 940. The number of hydrogen-bond acceptors (Lipinski definition) is 6. The molecule has 0 saturated carbocycles. The highest BCUT2D eigenvalue weighted by molar-refractivity contribution is 8.00. The summed E-state index contributed by atoms with van der Waals surface area (Å²) in [6, 6.07) is 13.8. The van der Waals surface area contributed by atoms with Crippen molar-refractivity contribution in [3.8, 4) is 5.75 Å². The number of hydrogen-bond donors (Lipinski definition) is 1. The number of aryl methyl sites for hydroxylation is 2. The fraction of sp³-hybridized carbons (Fsp3) is 0.250. The van der Waals surface area contributed by atoms with Gasteiger partial charge in [-0.05, 0) is 49.6 Å². The summed E-state index contributed by atoms with van der Waals surface area (Å²) in [6.45, 7) is 5.51. The molecule has 1 atom stereocenters. The SMILES string of the molecule is Cc1cc(OC(C)C(=O)Nc2nnc(SCc3ccccc3)s2)cc(C)c1Cl. The predicted octanol–water partition coefficient (Wildman–Crippen LogP) is 5.51. The molecule has 0 radical (unpaired) electrons. The molecule has 28 heavy (non-hydrogen) atoms. The number of rotatable bonds is 7. The van der Waals surface area contributed by atoms with Crippen LogP contribution in [0, 0.1) is 13.8 Å². The minimum atomic E-state index is -0.677. The second kappa shape index (κ2) is 9.41. The van der Waals surface area contributed by atoms with Crippen molar-refractivity contribution in [1.29, 1.82) is 0 Å². The molecule has 0 aliphatic carbocycles. The van der Waals surface area contributed by atoms with Crippen LogP contribution >= 0.6 is 34.7 Å². The highest BCUT2D eigenvalue weighted by atomic mass is 35.5. The third-order valence-corrected chi connectivity index (χ3v) is 6.57. The van der Waals surface area contributed by atoms with E-state index in [-0.39, 0.29) is 5.91 Å². The van der Waals surface area contributed by atoms with Gasteiger partial charge in [0.25, 0.3) is 5.91 Å². The van der Waals surface area contributed by atoms with Crippen LogP contribution in [0.15, 0.2) is 46.8 Å². The standard InChI is InChI=1S/C20H20ClN3O2S2/c1-12-9-16(10-13(2)17(12)21)26-14(3)18(25)22-19-23-24-20(28-19)27-11-15-7-5-4-6-8-15/h4-10,14H,11H2,1-3H3,(H,22,23,25). The summed E-state index contributed by atoms with van der Waals surface area (Å²) < 4.78 is 6.56. The van der Waals surface area contributed by atoms with E-state index in [1.54, 1.807) is 18.7 Å². The summed E-state index contributed by atoms with van der Waals surface area (Å²) in [5.74, 6) is 1.14. The zero-order valence-electron chi connectivity index (χ0n) is 15.7. The van der Waals surface area contributed by atoms with Crippen molar-refractivity contribution >= 4 is 45.7 Å². The highest BCUT2D eigenvalue weighted by Crippen LogP contribution is 2.29. The maximum absolute atomic E-state index is 12.4. The molecule has 3 rings (SSSR count). The summed E-state index contributed by atoms with van der Waals surface area (Å²) in [6.07, 6.45) is -0.677. The van der Waals surface area contributed by atoms with E-state index < -0.39 is 6.10 Å². The molecular formula is C20H20ClN3O2S2. The maximum atomic E-state index is 12.4. The van der Waals surface area contributed by atoms with Gasteiger partial charge in [0, 0.05) is 10.8 Å². The van der Waals surface area contributed by atoms with Crippen LogP contribution in [-0.4, -0.2) is 22.2 Å². The monoisotopic (exact) mass is 433 g/mol. The first-order chi connectivity index (χ1) is 13.4. The Hall–Kier alpha value is -2.09. The van der Waals surface area contributed by atoms with Gasteiger partial charge in [-0.1, -0.05) is 65.0 Å². The van der Waals surface area contributed by atoms with Gasteiger partial charge in [-0.15, -0.1) is 10.2 Å². The first-order valence-corrected chi connectivity index (χ1v) is 10.8. The van der Waals surface area contributed by atoms with E-state index in [1.807, 2.05) is 44.2 Å². The van der Waals surface area contributed by atoms with E-state index in [2.05, 4.69) is 27.6 Å². The molecule has 0 aliphatic heterocycles. The third kappa shape index (κ3) is 5.47. The van der Waals surface area contributed by atoms with Crippen LogP contribution in [-0.2, 0) is 10.5 Å². The smallest absolute Gasteiger partial charge is 0.266 e.